The van der Waals surface area contributed by atoms with Crippen molar-refractivity contribution in [3.05, 3.63) is 36.4 Å². The minimum Gasteiger partial charge on any atom is -0.206 e. The van der Waals surface area contributed by atoms with Crippen LogP contribution in [0.3, 0.4) is 0 Å². The van der Waals surface area contributed by atoms with Crippen LogP contribution in [-0.4, -0.2) is 22.3 Å². The molecule has 0 aliphatic rings. The molecule has 1 N–H and O–H groups in total. The zero-order valence-electron chi connectivity index (χ0n) is 10.1. The fraction of sp³-hybridized carbons (Fsp3) is 0.200. The first-order valence-electron chi connectivity index (χ1n) is 4.98. The molecule has 0 heterocycles. The minimum absolute atomic E-state index is 0.572. The van der Waals surface area contributed by atoms with Gasteiger partial charge in [-0.25, -0.2) is 16.8 Å². The fourth-order valence-corrected chi connectivity index (χ4v) is 3.57. The molecule has 0 amide bonds. The van der Waals surface area contributed by atoms with Gasteiger partial charge in [-0.15, -0.1) is 0 Å². The van der Waals surface area contributed by atoms with Gasteiger partial charge in [0.1, 0.15) is 0 Å². The molecule has 0 spiro atoms. The molecular formula is C10H10F3NO4S2. The van der Waals surface area contributed by atoms with Crippen molar-refractivity contribution in [3.63, 3.8) is 0 Å². The molecule has 0 fully saturated rings. The maximum Gasteiger partial charge on any atom is 0.512 e. The zero-order chi connectivity index (χ0) is 15.8. The molecule has 0 atom stereocenters. The maximum absolute atomic E-state index is 12.1. The first-order valence-corrected chi connectivity index (χ1v) is 7.94. The van der Waals surface area contributed by atoms with Crippen LogP contribution in [0.4, 0.5) is 13.2 Å². The predicted molar refractivity (Wildman–Crippen MR) is 66.4 cm³/mol. The highest BCUT2D eigenvalue weighted by Crippen LogP contribution is 2.24. The summed E-state index contributed by atoms with van der Waals surface area (Å²) in [6, 6.07) is 4.57. The van der Waals surface area contributed by atoms with Crippen LogP contribution in [0.15, 0.2) is 35.7 Å². The molecule has 0 bridgehead atoms. The Bertz CT molecular complexity index is 719. The zero-order valence-corrected chi connectivity index (χ0v) is 11.7. The van der Waals surface area contributed by atoms with Gasteiger partial charge in [0.05, 0.1) is 4.90 Å². The van der Waals surface area contributed by atoms with Crippen LogP contribution >= 0.6 is 0 Å². The van der Waals surface area contributed by atoms with Crippen LogP contribution in [0.2, 0.25) is 0 Å². The number of benzene rings is 1. The van der Waals surface area contributed by atoms with E-state index in [0.717, 1.165) is 12.1 Å². The Hall–Kier alpha value is -1.39. The van der Waals surface area contributed by atoms with E-state index in [-0.39, 0.29) is 0 Å². The maximum atomic E-state index is 12.1. The minimum atomic E-state index is -5.99. The van der Waals surface area contributed by atoms with Gasteiger partial charge in [-0.1, -0.05) is 28.4 Å². The summed E-state index contributed by atoms with van der Waals surface area (Å²) in [5, 5.41) is 0. The second-order valence-electron chi connectivity index (χ2n) is 3.84. The SMILES string of the molecule is C=C(C)c1ccc(S(=O)(=O)NS(=O)(=O)C(F)(F)F)cc1. The van der Waals surface area contributed by atoms with Gasteiger partial charge in [0.2, 0.25) is 0 Å². The van der Waals surface area contributed by atoms with Crippen LogP contribution in [0.1, 0.15) is 12.5 Å². The van der Waals surface area contributed by atoms with E-state index in [9.17, 15) is 30.0 Å². The highest BCUT2D eigenvalue weighted by molar-refractivity contribution is 8.05. The molecule has 5 nitrogen and oxygen atoms in total. The van der Waals surface area contributed by atoms with E-state index in [1.807, 2.05) is 0 Å². The molecule has 10 heteroatoms. The van der Waals surface area contributed by atoms with Crippen LogP contribution in [0.5, 0.6) is 0 Å². The molecule has 20 heavy (non-hydrogen) atoms. The van der Waals surface area contributed by atoms with Crippen LogP contribution < -0.4 is 4.13 Å². The summed E-state index contributed by atoms with van der Waals surface area (Å²) < 4.78 is 81.7. The third kappa shape index (κ3) is 3.58. The van der Waals surface area contributed by atoms with Gasteiger partial charge in [0.25, 0.3) is 10.0 Å². The van der Waals surface area contributed by atoms with Gasteiger partial charge in [0, 0.05) is 0 Å². The van der Waals surface area contributed by atoms with Crippen molar-refractivity contribution < 1.29 is 30.0 Å². The Morgan fingerprint density at radius 3 is 1.90 bits per heavy atom. The predicted octanol–water partition coefficient (Wildman–Crippen LogP) is 1.85. The first-order chi connectivity index (χ1) is 8.87. The lowest BCUT2D eigenvalue weighted by atomic mass is 10.1. The molecule has 0 radical (unpaired) electrons. The topological polar surface area (TPSA) is 80.3 Å². The summed E-state index contributed by atoms with van der Waals surface area (Å²) in [5.74, 6) is 0. The molecule has 1 aromatic rings. The van der Waals surface area contributed by atoms with Crippen molar-refractivity contribution in [2.24, 2.45) is 0 Å². The van der Waals surface area contributed by atoms with Crippen molar-refractivity contribution in [3.8, 4) is 0 Å². The molecule has 0 saturated heterocycles. The third-order valence-electron chi connectivity index (χ3n) is 2.18. The lowest BCUT2D eigenvalue weighted by molar-refractivity contribution is -0.0441. The molecule has 0 saturated carbocycles. The standard InChI is InChI=1S/C10H10F3NO4S2/c1-7(2)8-3-5-9(6-4-8)19(15,16)14-20(17,18)10(11,12)13/h3-6,14H,1H2,2H3. The number of hydrogen-bond acceptors (Lipinski definition) is 4. The highest BCUT2D eigenvalue weighted by atomic mass is 32.3. The molecule has 1 aromatic carbocycles. The van der Waals surface area contributed by atoms with Crippen LogP contribution in [0.25, 0.3) is 5.57 Å². The van der Waals surface area contributed by atoms with Gasteiger partial charge in [-0.2, -0.15) is 13.2 Å². The van der Waals surface area contributed by atoms with E-state index >= 15 is 0 Å². The monoisotopic (exact) mass is 329 g/mol. The lowest BCUT2D eigenvalue weighted by Crippen LogP contribution is -2.40. The lowest BCUT2D eigenvalue weighted by Gasteiger charge is -2.10. The Morgan fingerprint density at radius 1 is 1.10 bits per heavy atom. The van der Waals surface area contributed by atoms with Crippen molar-refractivity contribution in [1.82, 2.24) is 4.13 Å². The Kier molecular flexibility index (Phi) is 4.32. The van der Waals surface area contributed by atoms with Gasteiger partial charge < -0.3 is 0 Å². The number of hydrogen-bond donors (Lipinski definition) is 1. The molecule has 112 valence electrons. The molecule has 0 unspecified atom stereocenters. The van der Waals surface area contributed by atoms with E-state index < -0.39 is 30.5 Å². The second-order valence-corrected chi connectivity index (χ2v) is 7.46. The molecular weight excluding hydrogens is 319 g/mol. The Balaban J connectivity index is 3.16. The smallest absolute Gasteiger partial charge is 0.206 e. The van der Waals surface area contributed by atoms with E-state index in [1.165, 1.54) is 12.1 Å². The van der Waals surface area contributed by atoms with E-state index in [4.69, 9.17) is 0 Å². The first kappa shape index (κ1) is 16.7. The van der Waals surface area contributed by atoms with E-state index in [1.54, 1.807) is 6.92 Å². The molecule has 0 aromatic heterocycles. The fourth-order valence-electron chi connectivity index (χ4n) is 1.16. The van der Waals surface area contributed by atoms with Crippen molar-refractivity contribution in [1.29, 1.82) is 0 Å². The Morgan fingerprint density at radius 2 is 1.55 bits per heavy atom. The normalized spacial score (nSPS) is 13.2. The summed E-state index contributed by atoms with van der Waals surface area (Å²) in [6.45, 7) is 5.25. The summed E-state index contributed by atoms with van der Waals surface area (Å²) in [7, 11) is -10.8. The number of rotatable bonds is 4. The third-order valence-corrected chi connectivity index (χ3v) is 5.44. The number of nitrogens with one attached hydrogen (secondary N) is 1. The summed E-state index contributed by atoms with van der Waals surface area (Å²) in [4.78, 5) is -0.602. The van der Waals surface area contributed by atoms with Crippen molar-refractivity contribution >= 4 is 25.6 Å². The van der Waals surface area contributed by atoms with Crippen LogP contribution in [-0.2, 0) is 20.0 Å². The summed E-state index contributed by atoms with van der Waals surface area (Å²) >= 11 is 0. The van der Waals surface area contributed by atoms with Gasteiger partial charge in [-0.3, -0.25) is 0 Å². The van der Waals surface area contributed by atoms with E-state index in [2.05, 4.69) is 6.58 Å². The van der Waals surface area contributed by atoms with Crippen molar-refractivity contribution in [2.75, 3.05) is 0 Å². The molecule has 1 rings (SSSR count). The average molecular weight is 329 g/mol. The van der Waals surface area contributed by atoms with Crippen molar-refractivity contribution in [2.45, 2.75) is 17.3 Å². The highest BCUT2D eigenvalue weighted by Gasteiger charge is 2.48. The number of alkyl halides is 3. The number of halogens is 3. The second kappa shape index (κ2) is 5.19. The summed E-state index contributed by atoms with van der Waals surface area (Å²) in [5.41, 5.74) is -4.52. The number of allylic oxidation sites excluding steroid dienone is 1. The number of sulfonamides is 2. The van der Waals surface area contributed by atoms with Gasteiger partial charge >= 0.3 is 15.5 Å². The van der Waals surface area contributed by atoms with E-state index in [0.29, 0.717) is 15.3 Å². The largest absolute Gasteiger partial charge is 0.512 e. The average Bonchev–Trinajstić information content (AvgIpc) is 2.26. The van der Waals surface area contributed by atoms with Gasteiger partial charge in [-0.05, 0) is 24.6 Å². The Labute approximate surface area is 114 Å². The summed E-state index contributed by atoms with van der Waals surface area (Å²) in [6.07, 6.45) is 0. The quantitative estimate of drug-likeness (QED) is 0.914. The van der Waals surface area contributed by atoms with Gasteiger partial charge in [0.15, 0.2) is 0 Å². The molecule has 0 aliphatic carbocycles. The molecule has 0 aliphatic heterocycles. The van der Waals surface area contributed by atoms with Crippen LogP contribution in [0, 0.1) is 0 Å².